The summed E-state index contributed by atoms with van der Waals surface area (Å²) in [4.78, 5) is 1.24. The minimum absolute atomic E-state index is 0.111. The van der Waals surface area contributed by atoms with E-state index in [2.05, 4.69) is 0 Å². The van der Waals surface area contributed by atoms with Gasteiger partial charge in [0.2, 0.25) is 0 Å². The van der Waals surface area contributed by atoms with Gasteiger partial charge in [-0.2, -0.15) is 13.2 Å². The fourth-order valence-electron chi connectivity index (χ4n) is 1.60. The minimum Gasteiger partial charge on any atom is -0.396 e. The van der Waals surface area contributed by atoms with Crippen LogP contribution in [0.2, 0.25) is 0 Å². The Morgan fingerprint density at radius 1 is 1.29 bits per heavy atom. The van der Waals surface area contributed by atoms with Crippen LogP contribution in [-0.4, -0.2) is 31.0 Å². The highest BCUT2D eigenvalue weighted by Gasteiger charge is 2.30. The van der Waals surface area contributed by atoms with Gasteiger partial charge in [0.1, 0.15) is 6.54 Å². The Kier molecular flexibility index (Phi) is 4.81. The monoisotopic (exact) mass is 247 g/mol. The molecule has 17 heavy (non-hydrogen) atoms. The van der Waals surface area contributed by atoms with Gasteiger partial charge in [-0.15, -0.1) is 0 Å². The highest BCUT2D eigenvalue weighted by atomic mass is 19.4. The molecule has 0 unspecified atom stereocenters. The zero-order chi connectivity index (χ0) is 12.9. The number of aryl methyl sites for hydroxylation is 1. The van der Waals surface area contributed by atoms with E-state index in [0.717, 1.165) is 5.56 Å². The minimum atomic E-state index is -4.24. The quantitative estimate of drug-likeness (QED) is 0.864. The maximum Gasteiger partial charge on any atom is 0.405 e. The molecule has 1 aromatic carbocycles. The van der Waals surface area contributed by atoms with E-state index in [-0.39, 0.29) is 13.2 Å². The van der Waals surface area contributed by atoms with Crippen LogP contribution in [0.25, 0.3) is 0 Å². The molecule has 0 radical (unpaired) electrons. The van der Waals surface area contributed by atoms with Gasteiger partial charge in [0.15, 0.2) is 0 Å². The first-order valence-corrected chi connectivity index (χ1v) is 5.41. The Morgan fingerprint density at radius 2 is 2.00 bits per heavy atom. The van der Waals surface area contributed by atoms with Gasteiger partial charge < -0.3 is 10.0 Å². The SMILES string of the molecule is Cc1cccc(N(CCCO)CC(F)(F)F)c1. The van der Waals surface area contributed by atoms with Crippen molar-refractivity contribution in [2.75, 3.05) is 24.6 Å². The molecule has 1 N–H and O–H groups in total. The van der Waals surface area contributed by atoms with E-state index in [4.69, 9.17) is 5.11 Å². The van der Waals surface area contributed by atoms with Crippen molar-refractivity contribution < 1.29 is 18.3 Å². The molecule has 0 atom stereocenters. The summed E-state index contributed by atoms with van der Waals surface area (Å²) >= 11 is 0. The number of aliphatic hydroxyl groups is 1. The van der Waals surface area contributed by atoms with Gasteiger partial charge in [-0.05, 0) is 31.0 Å². The van der Waals surface area contributed by atoms with Gasteiger partial charge in [0.25, 0.3) is 0 Å². The average Bonchev–Trinajstić information content (AvgIpc) is 2.22. The van der Waals surface area contributed by atoms with E-state index >= 15 is 0 Å². The number of nitrogens with zero attached hydrogens (tertiary/aromatic N) is 1. The van der Waals surface area contributed by atoms with Gasteiger partial charge in [0.05, 0.1) is 0 Å². The second-order valence-electron chi connectivity index (χ2n) is 3.95. The lowest BCUT2D eigenvalue weighted by Gasteiger charge is -2.26. The lowest BCUT2D eigenvalue weighted by Crippen LogP contribution is -2.35. The summed E-state index contributed by atoms with van der Waals surface area (Å²) in [5, 5.41) is 8.71. The molecule has 0 aromatic heterocycles. The molecule has 0 saturated heterocycles. The van der Waals surface area contributed by atoms with Crippen molar-refractivity contribution in [3.8, 4) is 0 Å². The van der Waals surface area contributed by atoms with Crippen LogP contribution < -0.4 is 4.90 Å². The smallest absolute Gasteiger partial charge is 0.396 e. The number of anilines is 1. The van der Waals surface area contributed by atoms with E-state index < -0.39 is 12.7 Å². The highest BCUT2D eigenvalue weighted by molar-refractivity contribution is 5.48. The molecule has 1 rings (SSSR count). The van der Waals surface area contributed by atoms with Crippen LogP contribution in [0.15, 0.2) is 24.3 Å². The van der Waals surface area contributed by atoms with Gasteiger partial charge >= 0.3 is 6.18 Å². The lowest BCUT2D eigenvalue weighted by atomic mass is 10.2. The molecule has 0 aliphatic rings. The summed E-state index contributed by atoms with van der Waals surface area (Å²) < 4.78 is 37.2. The van der Waals surface area contributed by atoms with Crippen molar-refractivity contribution >= 4 is 5.69 Å². The van der Waals surface area contributed by atoms with Crippen LogP contribution in [-0.2, 0) is 0 Å². The highest BCUT2D eigenvalue weighted by Crippen LogP contribution is 2.22. The van der Waals surface area contributed by atoms with Crippen LogP contribution in [0.4, 0.5) is 18.9 Å². The summed E-state index contributed by atoms with van der Waals surface area (Å²) in [5.74, 6) is 0. The maximum atomic E-state index is 12.4. The van der Waals surface area contributed by atoms with Crippen molar-refractivity contribution in [3.05, 3.63) is 29.8 Å². The molecule has 0 spiro atoms. The first-order chi connectivity index (χ1) is 7.92. The number of rotatable bonds is 5. The third kappa shape index (κ3) is 5.08. The predicted octanol–water partition coefficient (Wildman–Crippen LogP) is 2.75. The predicted molar refractivity (Wildman–Crippen MR) is 61.1 cm³/mol. The van der Waals surface area contributed by atoms with Crippen LogP contribution in [0.3, 0.4) is 0 Å². The van der Waals surface area contributed by atoms with Crippen LogP contribution >= 0.6 is 0 Å². The number of aliphatic hydroxyl groups excluding tert-OH is 1. The zero-order valence-electron chi connectivity index (χ0n) is 9.67. The summed E-state index contributed by atoms with van der Waals surface area (Å²) in [6.07, 6.45) is -3.91. The Hall–Kier alpha value is -1.23. The van der Waals surface area contributed by atoms with E-state index in [1.807, 2.05) is 13.0 Å². The molecular formula is C12H16F3NO. The van der Waals surface area contributed by atoms with Crippen LogP contribution in [0, 0.1) is 6.92 Å². The van der Waals surface area contributed by atoms with Crippen molar-refractivity contribution in [2.24, 2.45) is 0 Å². The summed E-state index contributed by atoms with van der Waals surface area (Å²) in [6, 6.07) is 6.92. The first-order valence-electron chi connectivity index (χ1n) is 5.41. The van der Waals surface area contributed by atoms with Crippen LogP contribution in [0.5, 0.6) is 0 Å². The number of halogens is 3. The fraction of sp³-hybridized carbons (Fsp3) is 0.500. The van der Waals surface area contributed by atoms with Crippen molar-refractivity contribution in [1.29, 1.82) is 0 Å². The average molecular weight is 247 g/mol. The Balaban J connectivity index is 2.81. The largest absolute Gasteiger partial charge is 0.405 e. The van der Waals surface area contributed by atoms with E-state index in [1.54, 1.807) is 18.2 Å². The Bertz CT molecular complexity index is 352. The molecule has 1 aromatic rings. The molecule has 96 valence electrons. The maximum absolute atomic E-state index is 12.4. The lowest BCUT2D eigenvalue weighted by molar-refractivity contribution is -0.119. The van der Waals surface area contributed by atoms with Gasteiger partial charge in [0, 0.05) is 18.8 Å². The first kappa shape index (κ1) is 13.8. The molecule has 0 bridgehead atoms. The second kappa shape index (κ2) is 5.91. The van der Waals surface area contributed by atoms with Crippen LogP contribution in [0.1, 0.15) is 12.0 Å². The third-order valence-corrected chi connectivity index (χ3v) is 2.32. The van der Waals surface area contributed by atoms with Gasteiger partial charge in [-0.25, -0.2) is 0 Å². The molecule has 0 heterocycles. The van der Waals surface area contributed by atoms with E-state index in [1.165, 1.54) is 4.90 Å². The molecule has 5 heteroatoms. The Labute approximate surface area is 98.7 Å². The normalized spacial score (nSPS) is 11.6. The summed E-state index contributed by atoms with van der Waals surface area (Å²) in [7, 11) is 0. The fourth-order valence-corrected chi connectivity index (χ4v) is 1.60. The second-order valence-corrected chi connectivity index (χ2v) is 3.95. The summed E-state index contributed by atoms with van der Waals surface area (Å²) in [6.45, 7) is 0.928. The van der Waals surface area contributed by atoms with Crippen molar-refractivity contribution in [1.82, 2.24) is 0 Å². The van der Waals surface area contributed by atoms with Crippen molar-refractivity contribution in [3.63, 3.8) is 0 Å². The van der Waals surface area contributed by atoms with Crippen molar-refractivity contribution in [2.45, 2.75) is 19.5 Å². The van der Waals surface area contributed by atoms with Gasteiger partial charge in [-0.3, -0.25) is 0 Å². The number of hydrogen-bond donors (Lipinski definition) is 1. The topological polar surface area (TPSA) is 23.5 Å². The molecular weight excluding hydrogens is 231 g/mol. The molecule has 0 saturated carbocycles. The van der Waals surface area contributed by atoms with E-state index in [9.17, 15) is 13.2 Å². The molecule has 2 nitrogen and oxygen atoms in total. The molecule has 0 fully saturated rings. The molecule has 0 amide bonds. The number of benzene rings is 1. The number of alkyl halides is 3. The molecule has 0 aliphatic carbocycles. The summed E-state index contributed by atoms with van der Waals surface area (Å²) in [5.41, 5.74) is 1.45. The zero-order valence-corrected chi connectivity index (χ0v) is 9.67. The van der Waals surface area contributed by atoms with E-state index in [0.29, 0.717) is 12.1 Å². The number of hydrogen-bond acceptors (Lipinski definition) is 2. The third-order valence-electron chi connectivity index (χ3n) is 2.32. The standard InChI is InChI=1S/C12H16F3NO/c1-10-4-2-5-11(8-10)16(6-3-7-17)9-12(13,14)15/h2,4-5,8,17H,3,6-7,9H2,1H3. The Morgan fingerprint density at radius 3 is 2.53 bits per heavy atom. The van der Waals surface area contributed by atoms with Gasteiger partial charge in [-0.1, -0.05) is 12.1 Å². The molecule has 0 aliphatic heterocycles.